The molecule has 146 valence electrons. The van der Waals surface area contributed by atoms with Gasteiger partial charge in [-0.3, -0.25) is 14.0 Å². The van der Waals surface area contributed by atoms with Gasteiger partial charge in [0.25, 0.3) is 5.91 Å². The zero-order valence-corrected chi connectivity index (χ0v) is 16.5. The van der Waals surface area contributed by atoms with E-state index in [0.717, 1.165) is 12.0 Å². The number of hydrogen-bond donors (Lipinski definition) is 2. The molecule has 2 heterocycles. The van der Waals surface area contributed by atoms with Crippen LogP contribution in [0.2, 0.25) is 0 Å². The number of carbonyl (C=O) groups excluding carboxylic acids is 2. The SMILES string of the molecule is CCOc1cccn2c(C(=O)Nc3cc(NC(C)=O)ccc3CC)c(C)nc12. The summed E-state index contributed by atoms with van der Waals surface area (Å²) in [5.74, 6) is 0.199. The number of benzene rings is 1. The molecule has 7 nitrogen and oxygen atoms in total. The molecule has 2 aromatic heterocycles. The van der Waals surface area contributed by atoms with Gasteiger partial charge in [-0.15, -0.1) is 0 Å². The molecule has 0 aliphatic carbocycles. The first-order chi connectivity index (χ1) is 13.4. The van der Waals surface area contributed by atoms with Gasteiger partial charge in [0, 0.05) is 24.5 Å². The topological polar surface area (TPSA) is 84.7 Å². The van der Waals surface area contributed by atoms with Crippen molar-refractivity contribution in [2.75, 3.05) is 17.2 Å². The molecule has 0 radical (unpaired) electrons. The zero-order chi connectivity index (χ0) is 20.3. The van der Waals surface area contributed by atoms with Crippen molar-refractivity contribution in [3.8, 4) is 5.75 Å². The van der Waals surface area contributed by atoms with Crippen LogP contribution in [0.1, 0.15) is 42.5 Å². The first kappa shape index (κ1) is 19.4. The van der Waals surface area contributed by atoms with Crippen molar-refractivity contribution in [3.63, 3.8) is 0 Å². The van der Waals surface area contributed by atoms with Crippen molar-refractivity contribution in [1.82, 2.24) is 9.38 Å². The molecule has 3 rings (SSSR count). The minimum absolute atomic E-state index is 0.164. The number of rotatable bonds is 6. The Balaban J connectivity index is 1.98. The molecule has 0 aliphatic rings. The largest absolute Gasteiger partial charge is 0.490 e. The third-order valence-electron chi connectivity index (χ3n) is 4.36. The van der Waals surface area contributed by atoms with Crippen molar-refractivity contribution in [2.24, 2.45) is 0 Å². The van der Waals surface area contributed by atoms with E-state index in [2.05, 4.69) is 15.6 Å². The Hall–Kier alpha value is -3.35. The normalized spacial score (nSPS) is 10.7. The van der Waals surface area contributed by atoms with Gasteiger partial charge in [0.15, 0.2) is 11.4 Å². The van der Waals surface area contributed by atoms with E-state index < -0.39 is 0 Å². The van der Waals surface area contributed by atoms with Crippen LogP contribution in [0.15, 0.2) is 36.5 Å². The highest BCUT2D eigenvalue weighted by molar-refractivity contribution is 6.05. The Morgan fingerprint density at radius 3 is 2.64 bits per heavy atom. The molecule has 2 amide bonds. The number of fused-ring (bicyclic) bond motifs is 1. The molecular weight excluding hydrogens is 356 g/mol. The molecular formula is C21H24N4O3. The molecule has 0 fully saturated rings. The van der Waals surface area contributed by atoms with Crippen molar-refractivity contribution >= 4 is 28.8 Å². The highest BCUT2D eigenvalue weighted by Gasteiger charge is 2.20. The molecule has 3 aromatic rings. The summed E-state index contributed by atoms with van der Waals surface area (Å²) < 4.78 is 7.35. The molecule has 0 atom stereocenters. The van der Waals surface area contributed by atoms with Gasteiger partial charge in [-0.05, 0) is 50.1 Å². The van der Waals surface area contributed by atoms with Gasteiger partial charge in [-0.1, -0.05) is 13.0 Å². The maximum absolute atomic E-state index is 13.1. The summed E-state index contributed by atoms with van der Waals surface area (Å²) in [6, 6.07) is 9.14. The number of pyridine rings is 1. The van der Waals surface area contributed by atoms with E-state index in [1.54, 1.807) is 23.6 Å². The minimum Gasteiger partial charge on any atom is -0.490 e. The number of hydrogen-bond acceptors (Lipinski definition) is 4. The Kier molecular flexibility index (Phi) is 5.63. The first-order valence-corrected chi connectivity index (χ1v) is 9.26. The van der Waals surface area contributed by atoms with Crippen LogP contribution in [0, 0.1) is 6.92 Å². The predicted molar refractivity (Wildman–Crippen MR) is 109 cm³/mol. The Bertz CT molecular complexity index is 1040. The van der Waals surface area contributed by atoms with E-state index in [-0.39, 0.29) is 11.8 Å². The smallest absolute Gasteiger partial charge is 0.274 e. The number of anilines is 2. The average molecular weight is 380 g/mol. The monoisotopic (exact) mass is 380 g/mol. The average Bonchev–Trinajstić information content (AvgIpc) is 2.98. The van der Waals surface area contributed by atoms with Gasteiger partial charge >= 0.3 is 0 Å². The van der Waals surface area contributed by atoms with E-state index in [4.69, 9.17) is 4.74 Å². The lowest BCUT2D eigenvalue weighted by molar-refractivity contribution is -0.114. The van der Waals surface area contributed by atoms with Gasteiger partial charge < -0.3 is 15.4 Å². The fraction of sp³-hybridized carbons (Fsp3) is 0.286. The second kappa shape index (κ2) is 8.12. The predicted octanol–water partition coefficient (Wildman–Crippen LogP) is 3.81. The van der Waals surface area contributed by atoms with Gasteiger partial charge in [-0.2, -0.15) is 0 Å². The second-order valence-electron chi connectivity index (χ2n) is 6.41. The van der Waals surface area contributed by atoms with Crippen LogP contribution in [0.4, 0.5) is 11.4 Å². The van der Waals surface area contributed by atoms with Gasteiger partial charge in [-0.25, -0.2) is 4.98 Å². The van der Waals surface area contributed by atoms with Crippen LogP contribution < -0.4 is 15.4 Å². The third kappa shape index (κ3) is 3.83. The number of ether oxygens (including phenoxy) is 1. The van der Waals surface area contributed by atoms with Crippen molar-refractivity contribution < 1.29 is 14.3 Å². The Morgan fingerprint density at radius 2 is 1.96 bits per heavy atom. The quantitative estimate of drug-likeness (QED) is 0.681. The molecule has 0 saturated carbocycles. The van der Waals surface area contributed by atoms with E-state index in [1.165, 1.54) is 6.92 Å². The van der Waals surface area contributed by atoms with E-state index >= 15 is 0 Å². The summed E-state index contributed by atoms with van der Waals surface area (Å²) in [7, 11) is 0. The molecule has 0 bridgehead atoms. The number of carbonyl (C=O) groups is 2. The molecule has 7 heteroatoms. The van der Waals surface area contributed by atoms with Gasteiger partial charge in [0.05, 0.1) is 12.3 Å². The molecule has 0 spiro atoms. The minimum atomic E-state index is -0.270. The third-order valence-corrected chi connectivity index (χ3v) is 4.36. The number of amides is 2. The summed E-state index contributed by atoms with van der Waals surface area (Å²) in [5.41, 5.74) is 3.94. The fourth-order valence-electron chi connectivity index (χ4n) is 3.16. The van der Waals surface area contributed by atoms with Crippen LogP contribution in [-0.2, 0) is 11.2 Å². The maximum atomic E-state index is 13.1. The zero-order valence-electron chi connectivity index (χ0n) is 16.5. The van der Waals surface area contributed by atoms with Crippen molar-refractivity contribution in [2.45, 2.75) is 34.1 Å². The second-order valence-corrected chi connectivity index (χ2v) is 6.41. The molecule has 2 N–H and O–H groups in total. The van der Waals surface area contributed by atoms with Crippen LogP contribution in [0.25, 0.3) is 5.65 Å². The summed E-state index contributed by atoms with van der Waals surface area (Å²) in [6.07, 6.45) is 2.54. The van der Waals surface area contributed by atoms with Crippen LogP contribution >= 0.6 is 0 Å². The summed E-state index contributed by atoms with van der Waals surface area (Å²) in [4.78, 5) is 28.9. The lowest BCUT2D eigenvalue weighted by atomic mass is 10.1. The van der Waals surface area contributed by atoms with Gasteiger partial charge in [0.1, 0.15) is 5.69 Å². The maximum Gasteiger partial charge on any atom is 0.274 e. The molecule has 0 aliphatic heterocycles. The molecule has 0 saturated heterocycles. The van der Waals surface area contributed by atoms with Crippen LogP contribution in [0.5, 0.6) is 5.75 Å². The number of aromatic nitrogens is 2. The van der Waals surface area contributed by atoms with Crippen LogP contribution in [-0.4, -0.2) is 27.8 Å². The standard InChI is InChI=1S/C21H24N4O3/c1-5-15-9-10-16(23-14(4)26)12-17(15)24-21(27)19-13(3)22-20-18(28-6-2)8-7-11-25(19)20/h7-12H,5-6H2,1-4H3,(H,23,26)(H,24,27). The summed E-state index contributed by atoms with van der Waals surface area (Å²) in [5, 5.41) is 5.71. The van der Waals surface area contributed by atoms with Crippen LogP contribution in [0.3, 0.4) is 0 Å². The van der Waals surface area contributed by atoms with Gasteiger partial charge in [0.2, 0.25) is 5.91 Å². The molecule has 0 unspecified atom stereocenters. The number of aryl methyl sites for hydroxylation is 2. The van der Waals surface area contributed by atoms with Crippen molar-refractivity contribution in [3.05, 3.63) is 53.5 Å². The summed E-state index contributed by atoms with van der Waals surface area (Å²) >= 11 is 0. The van der Waals surface area contributed by atoms with E-state index in [1.807, 2.05) is 38.1 Å². The lowest BCUT2D eigenvalue weighted by Gasteiger charge is -2.13. The number of nitrogens with zero attached hydrogens (tertiary/aromatic N) is 2. The molecule has 1 aromatic carbocycles. The van der Waals surface area contributed by atoms with E-state index in [0.29, 0.717) is 40.8 Å². The lowest BCUT2D eigenvalue weighted by Crippen LogP contribution is -2.17. The highest BCUT2D eigenvalue weighted by atomic mass is 16.5. The van der Waals surface area contributed by atoms with Crippen molar-refractivity contribution in [1.29, 1.82) is 0 Å². The summed E-state index contributed by atoms with van der Waals surface area (Å²) in [6.45, 7) is 7.68. The number of nitrogens with one attached hydrogen (secondary N) is 2. The van der Waals surface area contributed by atoms with E-state index in [9.17, 15) is 9.59 Å². The Labute approximate surface area is 163 Å². The first-order valence-electron chi connectivity index (χ1n) is 9.26. The fourth-order valence-corrected chi connectivity index (χ4v) is 3.16. The Morgan fingerprint density at radius 1 is 1.18 bits per heavy atom. The number of imidazole rings is 1. The highest BCUT2D eigenvalue weighted by Crippen LogP contribution is 2.25. The molecule has 28 heavy (non-hydrogen) atoms.